The summed E-state index contributed by atoms with van der Waals surface area (Å²) in [6, 6.07) is 8.12. The summed E-state index contributed by atoms with van der Waals surface area (Å²) in [4.78, 5) is 0. The van der Waals surface area contributed by atoms with Gasteiger partial charge in [-0.25, -0.2) is 0 Å². The summed E-state index contributed by atoms with van der Waals surface area (Å²) in [6.07, 6.45) is 3.26. The maximum atomic E-state index is 9.37. The van der Waals surface area contributed by atoms with Crippen LogP contribution in [0.5, 0.6) is 5.75 Å². The Balaban J connectivity index is 2.06. The lowest BCUT2D eigenvalue weighted by Crippen LogP contribution is -2.42. The highest BCUT2D eigenvalue weighted by atomic mass is 16.5. The molecule has 0 aromatic heterocycles. The lowest BCUT2D eigenvalue weighted by molar-refractivity contribution is 0.0141. The summed E-state index contributed by atoms with van der Waals surface area (Å²) in [5.41, 5.74) is 1.59. The Hall–Kier alpha value is -1.06. The van der Waals surface area contributed by atoms with Gasteiger partial charge in [-0.3, -0.25) is 0 Å². The first-order valence-corrected chi connectivity index (χ1v) is 7.19. The zero-order valence-electron chi connectivity index (χ0n) is 12.0. The number of phenolic OH excluding ortho intramolecular Hbond substituents is 1. The van der Waals surface area contributed by atoms with Gasteiger partial charge in [0, 0.05) is 25.8 Å². The highest BCUT2D eigenvalue weighted by Crippen LogP contribution is 2.34. The van der Waals surface area contributed by atoms with Crippen LogP contribution in [0.15, 0.2) is 24.3 Å². The third-order valence-corrected chi connectivity index (χ3v) is 3.95. The molecule has 0 aliphatic carbocycles. The largest absolute Gasteiger partial charge is 0.508 e. The molecule has 0 spiro atoms. The molecule has 1 aromatic rings. The lowest BCUT2D eigenvalue weighted by Gasteiger charge is -2.38. The molecule has 2 rings (SSSR count). The van der Waals surface area contributed by atoms with Gasteiger partial charge in [0.25, 0.3) is 0 Å². The molecule has 0 amide bonds. The highest BCUT2D eigenvalue weighted by Gasteiger charge is 2.32. The minimum Gasteiger partial charge on any atom is -0.508 e. The fourth-order valence-electron chi connectivity index (χ4n) is 2.69. The first-order valence-electron chi connectivity index (χ1n) is 7.19. The van der Waals surface area contributed by atoms with Crippen molar-refractivity contribution in [1.29, 1.82) is 0 Å². The number of hydrogen-bond donors (Lipinski definition) is 2. The van der Waals surface area contributed by atoms with Gasteiger partial charge in [0.2, 0.25) is 0 Å². The topological polar surface area (TPSA) is 41.5 Å². The number of aromatic hydroxyl groups is 1. The molecule has 106 valence electrons. The van der Waals surface area contributed by atoms with Crippen molar-refractivity contribution >= 4 is 0 Å². The van der Waals surface area contributed by atoms with Crippen molar-refractivity contribution in [2.24, 2.45) is 5.41 Å². The van der Waals surface area contributed by atoms with E-state index in [1.807, 2.05) is 12.1 Å². The molecular formula is C16H25NO2. The number of ether oxygens (including phenoxy) is 1. The van der Waals surface area contributed by atoms with Crippen molar-refractivity contribution in [2.75, 3.05) is 19.8 Å². The van der Waals surface area contributed by atoms with Crippen LogP contribution in [0, 0.1) is 5.41 Å². The number of nitrogens with one attached hydrogen (secondary N) is 1. The second-order valence-corrected chi connectivity index (χ2v) is 5.99. The number of rotatable bonds is 5. The first kappa shape index (κ1) is 14.4. The van der Waals surface area contributed by atoms with Crippen LogP contribution in [0.2, 0.25) is 0 Å². The maximum Gasteiger partial charge on any atom is 0.115 e. The lowest BCUT2D eigenvalue weighted by atomic mass is 9.75. The van der Waals surface area contributed by atoms with Gasteiger partial charge < -0.3 is 15.2 Å². The molecule has 1 aliphatic heterocycles. The van der Waals surface area contributed by atoms with Gasteiger partial charge >= 0.3 is 0 Å². The summed E-state index contributed by atoms with van der Waals surface area (Å²) in [7, 11) is 0. The van der Waals surface area contributed by atoms with Crippen molar-refractivity contribution in [3.63, 3.8) is 0 Å². The average Bonchev–Trinajstić information content (AvgIpc) is 2.41. The maximum absolute atomic E-state index is 9.37. The fourth-order valence-corrected chi connectivity index (χ4v) is 2.69. The Kier molecular flexibility index (Phi) is 4.83. The van der Waals surface area contributed by atoms with Crippen LogP contribution < -0.4 is 5.32 Å². The van der Waals surface area contributed by atoms with Crippen molar-refractivity contribution < 1.29 is 9.84 Å². The summed E-state index contributed by atoms with van der Waals surface area (Å²) in [5, 5.41) is 13.0. The van der Waals surface area contributed by atoms with Gasteiger partial charge in [-0.15, -0.1) is 0 Å². The molecule has 0 bridgehead atoms. The van der Waals surface area contributed by atoms with Gasteiger partial charge in [0.05, 0.1) is 0 Å². The molecule has 1 heterocycles. The van der Waals surface area contributed by atoms with Gasteiger partial charge in [-0.1, -0.05) is 26.0 Å². The van der Waals surface area contributed by atoms with Crippen LogP contribution in [0.4, 0.5) is 0 Å². The molecular weight excluding hydrogens is 238 g/mol. The third kappa shape index (κ3) is 4.22. The van der Waals surface area contributed by atoms with Crippen LogP contribution >= 0.6 is 0 Å². The first-order chi connectivity index (χ1) is 9.10. The molecule has 1 saturated heterocycles. The zero-order chi connectivity index (χ0) is 13.7. The highest BCUT2D eigenvalue weighted by molar-refractivity contribution is 5.26. The predicted molar refractivity (Wildman–Crippen MR) is 77.4 cm³/mol. The Morgan fingerprint density at radius 1 is 1.21 bits per heavy atom. The fraction of sp³-hybridized carbons (Fsp3) is 0.625. The third-order valence-electron chi connectivity index (χ3n) is 3.95. The summed E-state index contributed by atoms with van der Waals surface area (Å²) < 4.78 is 5.52. The SMILES string of the molecule is CC(C)NCC1(Cc2ccc(O)cc2)CCOCC1. The van der Waals surface area contributed by atoms with Crippen LogP contribution in [0.1, 0.15) is 32.3 Å². The van der Waals surface area contributed by atoms with E-state index < -0.39 is 0 Å². The molecule has 1 aliphatic rings. The van der Waals surface area contributed by atoms with Crippen molar-refractivity contribution in [3.8, 4) is 5.75 Å². The monoisotopic (exact) mass is 263 g/mol. The Labute approximate surface area is 116 Å². The van der Waals surface area contributed by atoms with Gasteiger partial charge in [-0.05, 0) is 42.4 Å². The summed E-state index contributed by atoms with van der Waals surface area (Å²) >= 11 is 0. The van der Waals surface area contributed by atoms with Crippen molar-refractivity contribution in [2.45, 2.75) is 39.2 Å². The molecule has 3 heteroatoms. The number of phenols is 1. The Morgan fingerprint density at radius 2 is 1.84 bits per heavy atom. The predicted octanol–water partition coefficient (Wildman–Crippen LogP) is 2.73. The molecule has 1 fully saturated rings. The van der Waals surface area contributed by atoms with E-state index in [-0.39, 0.29) is 0 Å². The van der Waals surface area contributed by atoms with Crippen molar-refractivity contribution in [1.82, 2.24) is 5.32 Å². The van der Waals surface area contributed by atoms with E-state index in [0.717, 1.165) is 39.0 Å². The normalized spacial score (nSPS) is 18.7. The Bertz CT molecular complexity index is 380. The van der Waals surface area contributed by atoms with Crippen molar-refractivity contribution in [3.05, 3.63) is 29.8 Å². The van der Waals surface area contributed by atoms with Gasteiger partial charge in [-0.2, -0.15) is 0 Å². The van der Waals surface area contributed by atoms with E-state index in [0.29, 0.717) is 17.2 Å². The van der Waals surface area contributed by atoms with E-state index in [2.05, 4.69) is 19.2 Å². The number of benzene rings is 1. The molecule has 0 radical (unpaired) electrons. The minimum absolute atomic E-state index is 0.291. The van der Waals surface area contributed by atoms with E-state index in [1.54, 1.807) is 12.1 Å². The quantitative estimate of drug-likeness (QED) is 0.858. The zero-order valence-corrected chi connectivity index (χ0v) is 12.0. The molecule has 0 unspecified atom stereocenters. The second kappa shape index (κ2) is 6.40. The van der Waals surface area contributed by atoms with E-state index >= 15 is 0 Å². The van der Waals surface area contributed by atoms with Crippen LogP contribution in [0.25, 0.3) is 0 Å². The standard InChI is InChI=1S/C16H25NO2/c1-13(2)17-12-16(7-9-19-10-8-16)11-14-3-5-15(18)6-4-14/h3-6,13,17-18H,7-12H2,1-2H3. The molecule has 2 N–H and O–H groups in total. The van der Waals surface area contributed by atoms with Crippen LogP contribution in [-0.4, -0.2) is 30.9 Å². The van der Waals surface area contributed by atoms with E-state index in [1.165, 1.54) is 5.56 Å². The molecule has 0 saturated carbocycles. The van der Waals surface area contributed by atoms with Crippen LogP contribution in [-0.2, 0) is 11.2 Å². The molecule has 0 atom stereocenters. The summed E-state index contributed by atoms with van der Waals surface area (Å²) in [5.74, 6) is 0.338. The molecule has 19 heavy (non-hydrogen) atoms. The smallest absolute Gasteiger partial charge is 0.115 e. The Morgan fingerprint density at radius 3 is 2.42 bits per heavy atom. The average molecular weight is 263 g/mol. The van der Waals surface area contributed by atoms with Gasteiger partial charge in [0.1, 0.15) is 5.75 Å². The van der Waals surface area contributed by atoms with Gasteiger partial charge in [0.15, 0.2) is 0 Å². The second-order valence-electron chi connectivity index (χ2n) is 5.99. The summed E-state index contributed by atoms with van der Waals surface area (Å²) in [6.45, 7) is 7.13. The van der Waals surface area contributed by atoms with Crippen LogP contribution in [0.3, 0.4) is 0 Å². The van der Waals surface area contributed by atoms with E-state index in [4.69, 9.17) is 4.74 Å². The van der Waals surface area contributed by atoms with E-state index in [9.17, 15) is 5.11 Å². The number of hydrogen-bond acceptors (Lipinski definition) is 3. The minimum atomic E-state index is 0.291. The molecule has 1 aromatic carbocycles. The molecule has 3 nitrogen and oxygen atoms in total.